The van der Waals surface area contributed by atoms with Crippen molar-refractivity contribution in [2.75, 3.05) is 32.5 Å². The number of piperidine rings is 1. The molecule has 2 aliphatic heterocycles. The molecule has 2 aromatic rings. The highest BCUT2D eigenvalue weighted by atomic mass is 79.9. The number of ether oxygens (including phenoxy) is 1. The van der Waals surface area contributed by atoms with Gasteiger partial charge in [-0.2, -0.15) is 4.31 Å². The van der Waals surface area contributed by atoms with E-state index in [4.69, 9.17) is 4.74 Å². The molecule has 0 bridgehead atoms. The molecule has 2 heterocycles. The maximum Gasteiger partial charge on any atom is 0.254 e. The minimum absolute atomic E-state index is 0.0129. The molecule has 0 aliphatic carbocycles. The fourth-order valence-electron chi connectivity index (χ4n) is 4.03. The fraction of sp³-hybridized carbons (Fsp3) is 0.381. The summed E-state index contributed by atoms with van der Waals surface area (Å²) in [4.78, 5) is 15.0. The summed E-state index contributed by atoms with van der Waals surface area (Å²) in [6.45, 7) is 1.47. The van der Waals surface area contributed by atoms with Crippen LogP contribution in [0.4, 0.5) is 0 Å². The number of amides is 1. The molecule has 9 heteroatoms. The summed E-state index contributed by atoms with van der Waals surface area (Å²) in [5.74, 6) is 1.50. The van der Waals surface area contributed by atoms with Crippen molar-refractivity contribution in [3.05, 3.63) is 58.6 Å². The van der Waals surface area contributed by atoms with E-state index in [1.165, 1.54) is 4.31 Å². The average Bonchev–Trinajstić information content (AvgIpc) is 3.17. The van der Waals surface area contributed by atoms with Crippen LogP contribution in [0, 0.1) is 0 Å². The third kappa shape index (κ3) is 4.00. The lowest BCUT2D eigenvalue weighted by molar-refractivity contribution is 0.0605. The Hall–Kier alpha value is -1.55. The number of carbonyl (C=O) groups is 1. The fourth-order valence-corrected chi connectivity index (χ4v) is 7.19. The average molecular weight is 511 g/mol. The highest BCUT2D eigenvalue weighted by Crippen LogP contribution is 2.45. The van der Waals surface area contributed by atoms with Gasteiger partial charge in [-0.1, -0.05) is 15.9 Å². The second kappa shape index (κ2) is 8.53. The van der Waals surface area contributed by atoms with Gasteiger partial charge >= 0.3 is 0 Å². The molecule has 0 radical (unpaired) electrons. The summed E-state index contributed by atoms with van der Waals surface area (Å²) in [6, 6.07) is 13.9. The lowest BCUT2D eigenvalue weighted by Crippen LogP contribution is -2.53. The first-order valence-electron chi connectivity index (χ1n) is 9.71. The van der Waals surface area contributed by atoms with Crippen LogP contribution >= 0.6 is 27.7 Å². The van der Waals surface area contributed by atoms with E-state index >= 15 is 0 Å². The van der Waals surface area contributed by atoms with Crippen LogP contribution in [0.5, 0.6) is 5.75 Å². The van der Waals surface area contributed by atoms with Crippen molar-refractivity contribution >= 4 is 43.6 Å². The van der Waals surface area contributed by atoms with Gasteiger partial charge in [-0.25, -0.2) is 8.42 Å². The van der Waals surface area contributed by atoms with Crippen molar-refractivity contribution < 1.29 is 17.9 Å². The molecule has 2 aromatic carbocycles. The Kier molecular flexibility index (Phi) is 6.16. The number of thioether (sulfide) groups is 1. The number of benzene rings is 2. The van der Waals surface area contributed by atoms with E-state index < -0.39 is 10.0 Å². The third-order valence-corrected chi connectivity index (χ3v) is 9.71. The van der Waals surface area contributed by atoms with Gasteiger partial charge in [0.2, 0.25) is 10.0 Å². The Labute approximate surface area is 189 Å². The summed E-state index contributed by atoms with van der Waals surface area (Å²) >= 11 is 5.17. The van der Waals surface area contributed by atoms with Gasteiger partial charge in [-0.15, -0.1) is 11.8 Å². The van der Waals surface area contributed by atoms with Gasteiger partial charge in [-0.3, -0.25) is 4.79 Å². The molecule has 1 spiro atoms. The minimum Gasteiger partial charge on any atom is -0.497 e. The molecule has 0 saturated carbocycles. The summed E-state index contributed by atoms with van der Waals surface area (Å²) < 4.78 is 33.7. The number of rotatable bonds is 4. The van der Waals surface area contributed by atoms with Crippen molar-refractivity contribution in [1.82, 2.24) is 9.21 Å². The molecule has 2 aliphatic rings. The number of hydrogen-bond donors (Lipinski definition) is 0. The minimum atomic E-state index is -3.57. The van der Waals surface area contributed by atoms with E-state index in [1.54, 1.807) is 43.1 Å². The first kappa shape index (κ1) is 21.7. The van der Waals surface area contributed by atoms with Crippen molar-refractivity contribution in [1.29, 1.82) is 0 Å². The number of sulfonamides is 1. The van der Waals surface area contributed by atoms with Crippen molar-refractivity contribution in [2.24, 2.45) is 0 Å². The lowest BCUT2D eigenvalue weighted by Gasteiger charge is -2.43. The van der Waals surface area contributed by atoms with Crippen molar-refractivity contribution in [3.8, 4) is 5.75 Å². The molecular formula is C21H23BrN2O4S2. The van der Waals surface area contributed by atoms with Crippen LogP contribution in [0.3, 0.4) is 0 Å². The van der Waals surface area contributed by atoms with Crippen LogP contribution in [0.25, 0.3) is 0 Å². The lowest BCUT2D eigenvalue weighted by atomic mass is 10.0. The van der Waals surface area contributed by atoms with E-state index in [0.717, 1.165) is 10.2 Å². The highest BCUT2D eigenvalue weighted by molar-refractivity contribution is 9.10. The maximum absolute atomic E-state index is 13.1. The molecular weight excluding hydrogens is 488 g/mol. The van der Waals surface area contributed by atoms with Crippen LogP contribution in [-0.2, 0) is 10.0 Å². The molecule has 2 saturated heterocycles. The SMILES string of the molecule is COc1ccc(S(=O)(=O)N2CCC3(CC2)SCCN3C(=O)c2ccc(Br)cc2)cc1. The van der Waals surface area contributed by atoms with Gasteiger partial charge in [0.05, 0.1) is 16.9 Å². The van der Waals surface area contributed by atoms with Crippen LogP contribution in [0.15, 0.2) is 57.9 Å². The van der Waals surface area contributed by atoms with Gasteiger partial charge < -0.3 is 9.64 Å². The topological polar surface area (TPSA) is 66.9 Å². The molecule has 6 nitrogen and oxygen atoms in total. The largest absolute Gasteiger partial charge is 0.497 e. The van der Waals surface area contributed by atoms with E-state index in [2.05, 4.69) is 15.9 Å². The number of methoxy groups -OCH3 is 1. The molecule has 1 amide bonds. The number of hydrogen-bond acceptors (Lipinski definition) is 5. The zero-order chi connectivity index (χ0) is 21.4. The van der Waals surface area contributed by atoms with Crippen LogP contribution in [0.1, 0.15) is 23.2 Å². The molecule has 0 aromatic heterocycles. The Morgan fingerprint density at radius 1 is 1.03 bits per heavy atom. The molecule has 2 fully saturated rings. The molecule has 0 N–H and O–H groups in total. The first-order chi connectivity index (χ1) is 14.4. The zero-order valence-corrected chi connectivity index (χ0v) is 19.8. The van der Waals surface area contributed by atoms with Crippen molar-refractivity contribution in [3.63, 3.8) is 0 Å². The van der Waals surface area contributed by atoms with Gasteiger partial charge in [0, 0.05) is 35.4 Å². The molecule has 4 rings (SSSR count). The van der Waals surface area contributed by atoms with E-state index in [0.29, 0.717) is 43.8 Å². The molecule has 160 valence electrons. The standard InChI is InChI=1S/C21H23BrN2O4S2/c1-28-18-6-8-19(9-7-18)30(26,27)23-12-10-21(11-13-23)24(14-15-29-21)20(25)16-2-4-17(22)5-3-16/h2-9H,10-15H2,1H3. The maximum atomic E-state index is 13.1. The van der Waals surface area contributed by atoms with Gasteiger partial charge in [-0.05, 0) is 61.4 Å². The number of nitrogens with zero attached hydrogens (tertiary/aromatic N) is 2. The molecule has 0 unspecified atom stereocenters. The van der Waals surface area contributed by atoms with Gasteiger partial charge in [0.1, 0.15) is 5.75 Å². The molecule has 0 atom stereocenters. The summed E-state index contributed by atoms with van der Waals surface area (Å²) in [7, 11) is -2.02. The van der Waals surface area contributed by atoms with E-state index in [9.17, 15) is 13.2 Å². The van der Waals surface area contributed by atoms with Gasteiger partial charge in [0.25, 0.3) is 5.91 Å². The highest BCUT2D eigenvalue weighted by Gasteiger charge is 2.48. The Bertz CT molecular complexity index is 1020. The van der Waals surface area contributed by atoms with Crippen LogP contribution in [-0.4, -0.2) is 60.9 Å². The predicted molar refractivity (Wildman–Crippen MR) is 121 cm³/mol. The first-order valence-corrected chi connectivity index (χ1v) is 12.9. The quantitative estimate of drug-likeness (QED) is 0.625. The molecule has 30 heavy (non-hydrogen) atoms. The monoisotopic (exact) mass is 510 g/mol. The van der Waals surface area contributed by atoms with E-state index in [1.807, 2.05) is 29.2 Å². The number of carbonyl (C=O) groups excluding carboxylic acids is 1. The van der Waals surface area contributed by atoms with Crippen LogP contribution < -0.4 is 4.74 Å². The summed E-state index contributed by atoms with van der Waals surface area (Å²) in [5.41, 5.74) is 0.661. The third-order valence-electron chi connectivity index (χ3n) is 5.71. The van der Waals surface area contributed by atoms with Gasteiger partial charge in [0.15, 0.2) is 0 Å². The Balaban J connectivity index is 1.49. The Morgan fingerprint density at radius 2 is 1.67 bits per heavy atom. The second-order valence-corrected chi connectivity index (χ2v) is 11.6. The predicted octanol–water partition coefficient (Wildman–Crippen LogP) is 3.83. The number of halogens is 1. The smallest absolute Gasteiger partial charge is 0.254 e. The van der Waals surface area contributed by atoms with Crippen molar-refractivity contribution in [2.45, 2.75) is 22.6 Å². The zero-order valence-electron chi connectivity index (χ0n) is 16.6. The Morgan fingerprint density at radius 3 is 2.27 bits per heavy atom. The summed E-state index contributed by atoms with van der Waals surface area (Å²) in [5, 5.41) is 0. The van der Waals surface area contributed by atoms with E-state index in [-0.39, 0.29) is 15.7 Å². The van der Waals surface area contributed by atoms with Crippen LogP contribution in [0.2, 0.25) is 0 Å². The second-order valence-electron chi connectivity index (χ2n) is 7.34. The summed E-state index contributed by atoms with van der Waals surface area (Å²) in [6.07, 6.45) is 1.24. The normalized spacial score (nSPS) is 19.2.